The van der Waals surface area contributed by atoms with E-state index in [0.717, 1.165) is 31.2 Å². The number of rotatable bonds is 5. The third-order valence-corrected chi connectivity index (χ3v) is 3.70. The fraction of sp³-hybridized carbons (Fsp3) is 0.467. The molecule has 0 spiro atoms. The van der Waals surface area contributed by atoms with Crippen LogP contribution in [0.1, 0.15) is 37.7 Å². The van der Waals surface area contributed by atoms with Crippen LogP contribution in [0.4, 0.5) is 0 Å². The van der Waals surface area contributed by atoms with Crippen molar-refractivity contribution in [1.29, 1.82) is 0 Å². The number of hydrogen-bond acceptors (Lipinski definition) is 2. The van der Waals surface area contributed by atoms with Gasteiger partial charge in [0.15, 0.2) is 0 Å². The lowest BCUT2D eigenvalue weighted by Gasteiger charge is -2.11. The Morgan fingerprint density at radius 1 is 1.10 bits per heavy atom. The maximum atomic E-state index is 11.7. The van der Waals surface area contributed by atoms with Crippen LogP contribution in [0.15, 0.2) is 24.3 Å². The molecule has 0 aromatic heterocycles. The van der Waals surface area contributed by atoms with Gasteiger partial charge in [-0.1, -0.05) is 36.6 Å². The van der Waals surface area contributed by atoms with E-state index in [0.29, 0.717) is 11.6 Å². The van der Waals surface area contributed by atoms with Gasteiger partial charge in [0.2, 0.25) is 11.8 Å². The quantitative estimate of drug-likeness (QED) is 0.819. The SMILES string of the molecule is O=C(CC(=O)NC1CCCC1)NCc1ccc(Cl)cc1. The molecule has 1 aliphatic rings. The van der Waals surface area contributed by atoms with Crippen LogP contribution in [0.3, 0.4) is 0 Å². The molecular formula is C15H19ClN2O2. The maximum Gasteiger partial charge on any atom is 0.229 e. The van der Waals surface area contributed by atoms with E-state index in [1.165, 1.54) is 0 Å². The lowest BCUT2D eigenvalue weighted by molar-refractivity contribution is -0.129. The van der Waals surface area contributed by atoms with E-state index in [4.69, 9.17) is 11.6 Å². The van der Waals surface area contributed by atoms with Gasteiger partial charge in [0, 0.05) is 17.6 Å². The Kier molecular flexibility index (Phi) is 5.41. The van der Waals surface area contributed by atoms with Gasteiger partial charge < -0.3 is 10.6 Å². The number of halogens is 1. The van der Waals surface area contributed by atoms with Crippen molar-refractivity contribution in [3.8, 4) is 0 Å². The second kappa shape index (κ2) is 7.29. The Labute approximate surface area is 123 Å². The second-order valence-corrected chi connectivity index (χ2v) is 5.57. The van der Waals surface area contributed by atoms with Gasteiger partial charge in [-0.3, -0.25) is 9.59 Å². The predicted octanol–water partition coefficient (Wildman–Crippen LogP) is 2.41. The minimum Gasteiger partial charge on any atom is -0.353 e. The summed E-state index contributed by atoms with van der Waals surface area (Å²) in [6, 6.07) is 7.50. The monoisotopic (exact) mass is 294 g/mol. The highest BCUT2D eigenvalue weighted by atomic mass is 35.5. The number of carbonyl (C=O) groups is 2. The molecule has 4 nitrogen and oxygen atoms in total. The highest BCUT2D eigenvalue weighted by Crippen LogP contribution is 2.17. The summed E-state index contributed by atoms with van der Waals surface area (Å²) in [7, 11) is 0. The summed E-state index contributed by atoms with van der Waals surface area (Å²) in [6.07, 6.45) is 4.27. The van der Waals surface area contributed by atoms with Crippen molar-refractivity contribution in [2.24, 2.45) is 0 Å². The molecule has 2 amide bonds. The zero-order chi connectivity index (χ0) is 14.4. The van der Waals surface area contributed by atoms with Gasteiger partial charge in [-0.05, 0) is 30.5 Å². The fourth-order valence-electron chi connectivity index (χ4n) is 2.36. The van der Waals surface area contributed by atoms with Crippen molar-refractivity contribution in [3.63, 3.8) is 0 Å². The first-order valence-electron chi connectivity index (χ1n) is 6.94. The smallest absolute Gasteiger partial charge is 0.229 e. The van der Waals surface area contributed by atoms with Gasteiger partial charge in [0.05, 0.1) is 0 Å². The molecule has 1 aliphatic carbocycles. The number of amides is 2. The number of hydrogen-bond donors (Lipinski definition) is 2. The highest BCUT2D eigenvalue weighted by molar-refractivity contribution is 6.30. The Hall–Kier alpha value is -1.55. The van der Waals surface area contributed by atoms with E-state index < -0.39 is 0 Å². The van der Waals surface area contributed by atoms with Crippen LogP contribution >= 0.6 is 11.6 Å². The van der Waals surface area contributed by atoms with E-state index in [-0.39, 0.29) is 24.3 Å². The minimum atomic E-state index is -0.254. The lowest BCUT2D eigenvalue weighted by Crippen LogP contribution is -2.36. The van der Waals surface area contributed by atoms with Gasteiger partial charge in [-0.15, -0.1) is 0 Å². The number of nitrogens with one attached hydrogen (secondary N) is 2. The summed E-state index contributed by atoms with van der Waals surface area (Å²) in [4.78, 5) is 23.3. The van der Waals surface area contributed by atoms with Crippen molar-refractivity contribution >= 4 is 23.4 Å². The molecule has 0 heterocycles. The summed E-state index contributed by atoms with van der Waals surface area (Å²) in [5, 5.41) is 6.29. The van der Waals surface area contributed by atoms with Gasteiger partial charge in [0.25, 0.3) is 0 Å². The molecule has 2 rings (SSSR count). The van der Waals surface area contributed by atoms with Gasteiger partial charge >= 0.3 is 0 Å². The van der Waals surface area contributed by atoms with E-state index in [1.807, 2.05) is 12.1 Å². The standard InChI is InChI=1S/C15H19ClN2O2/c16-12-7-5-11(6-8-12)10-17-14(19)9-15(20)18-13-3-1-2-4-13/h5-8,13H,1-4,9-10H2,(H,17,19)(H,18,20). The van der Waals surface area contributed by atoms with Gasteiger partial charge in [-0.25, -0.2) is 0 Å². The summed E-state index contributed by atoms with van der Waals surface area (Å²) in [5.41, 5.74) is 0.957. The second-order valence-electron chi connectivity index (χ2n) is 5.13. The molecule has 1 aromatic rings. The molecule has 1 saturated carbocycles. The summed E-state index contributed by atoms with van der Waals surface area (Å²) in [5.74, 6) is -0.444. The van der Waals surface area contributed by atoms with Gasteiger partial charge in [0.1, 0.15) is 6.42 Å². The Morgan fingerprint density at radius 3 is 2.40 bits per heavy atom. The molecule has 0 bridgehead atoms. The molecule has 0 radical (unpaired) electrons. The molecule has 1 aromatic carbocycles. The van der Waals surface area contributed by atoms with Crippen molar-refractivity contribution in [1.82, 2.24) is 10.6 Å². The van der Waals surface area contributed by atoms with E-state index in [2.05, 4.69) is 10.6 Å². The molecule has 1 fully saturated rings. The van der Waals surface area contributed by atoms with Crippen LogP contribution in [-0.4, -0.2) is 17.9 Å². The zero-order valence-electron chi connectivity index (χ0n) is 11.3. The predicted molar refractivity (Wildman–Crippen MR) is 78.3 cm³/mol. The number of benzene rings is 1. The van der Waals surface area contributed by atoms with Crippen LogP contribution < -0.4 is 10.6 Å². The average molecular weight is 295 g/mol. The van der Waals surface area contributed by atoms with Crippen molar-refractivity contribution in [2.45, 2.75) is 44.7 Å². The summed E-state index contributed by atoms with van der Waals surface area (Å²) < 4.78 is 0. The molecular weight excluding hydrogens is 276 g/mol. The molecule has 108 valence electrons. The highest BCUT2D eigenvalue weighted by Gasteiger charge is 2.18. The molecule has 0 atom stereocenters. The summed E-state index contributed by atoms with van der Waals surface area (Å²) >= 11 is 5.78. The van der Waals surface area contributed by atoms with Gasteiger partial charge in [-0.2, -0.15) is 0 Å². The van der Waals surface area contributed by atoms with Crippen molar-refractivity contribution in [3.05, 3.63) is 34.9 Å². The summed E-state index contributed by atoms with van der Waals surface area (Å²) in [6.45, 7) is 0.409. The van der Waals surface area contributed by atoms with Crippen LogP contribution in [0.5, 0.6) is 0 Å². The molecule has 20 heavy (non-hydrogen) atoms. The van der Waals surface area contributed by atoms with Crippen molar-refractivity contribution < 1.29 is 9.59 Å². The Morgan fingerprint density at radius 2 is 1.75 bits per heavy atom. The fourth-order valence-corrected chi connectivity index (χ4v) is 2.49. The zero-order valence-corrected chi connectivity index (χ0v) is 12.1. The van der Waals surface area contributed by atoms with Crippen LogP contribution in [0.25, 0.3) is 0 Å². The molecule has 0 aliphatic heterocycles. The Bertz CT molecular complexity index is 467. The normalized spacial score (nSPS) is 15.1. The number of carbonyl (C=O) groups excluding carboxylic acids is 2. The van der Waals surface area contributed by atoms with Crippen LogP contribution in [0.2, 0.25) is 5.02 Å². The third kappa shape index (κ3) is 4.85. The third-order valence-electron chi connectivity index (χ3n) is 3.44. The van der Waals surface area contributed by atoms with Crippen LogP contribution in [0, 0.1) is 0 Å². The average Bonchev–Trinajstić information content (AvgIpc) is 2.90. The first kappa shape index (κ1) is 14.9. The van der Waals surface area contributed by atoms with E-state index in [9.17, 15) is 9.59 Å². The minimum absolute atomic E-state index is 0.107. The molecule has 5 heteroatoms. The Balaban J connectivity index is 1.69. The molecule has 0 saturated heterocycles. The maximum absolute atomic E-state index is 11.7. The largest absolute Gasteiger partial charge is 0.353 e. The molecule has 2 N–H and O–H groups in total. The topological polar surface area (TPSA) is 58.2 Å². The van der Waals surface area contributed by atoms with Crippen molar-refractivity contribution in [2.75, 3.05) is 0 Å². The van der Waals surface area contributed by atoms with Crippen LogP contribution in [-0.2, 0) is 16.1 Å². The first-order valence-corrected chi connectivity index (χ1v) is 7.32. The molecule has 0 unspecified atom stereocenters. The van der Waals surface area contributed by atoms with E-state index in [1.54, 1.807) is 12.1 Å². The van der Waals surface area contributed by atoms with E-state index >= 15 is 0 Å². The lowest BCUT2D eigenvalue weighted by atomic mass is 10.2. The first-order chi connectivity index (χ1) is 9.63.